The minimum Gasteiger partial charge on any atom is -0.508 e. The second-order valence-electron chi connectivity index (χ2n) is 7.99. The summed E-state index contributed by atoms with van der Waals surface area (Å²) in [5.74, 6) is 1.05. The highest BCUT2D eigenvalue weighted by atomic mass is 16.5. The van der Waals surface area contributed by atoms with Gasteiger partial charge in [-0.15, -0.1) is 0 Å². The molecule has 1 saturated carbocycles. The van der Waals surface area contributed by atoms with Gasteiger partial charge < -0.3 is 29.5 Å². The van der Waals surface area contributed by atoms with Crippen molar-refractivity contribution in [3.05, 3.63) is 60.2 Å². The summed E-state index contributed by atoms with van der Waals surface area (Å²) in [6.07, 6.45) is 6.78. The van der Waals surface area contributed by atoms with Crippen molar-refractivity contribution in [2.75, 3.05) is 20.8 Å². The average Bonchev–Trinajstić information content (AvgIpc) is 3.33. The van der Waals surface area contributed by atoms with Gasteiger partial charge in [-0.1, -0.05) is 23.8 Å². The summed E-state index contributed by atoms with van der Waals surface area (Å²) >= 11 is 0. The van der Waals surface area contributed by atoms with Crippen molar-refractivity contribution >= 4 is 0 Å². The number of aromatic hydroxyl groups is 3. The van der Waals surface area contributed by atoms with Crippen LogP contribution in [0.4, 0.5) is 0 Å². The van der Waals surface area contributed by atoms with Gasteiger partial charge in [0, 0.05) is 5.56 Å². The maximum atomic E-state index is 11.1. The smallest absolute Gasteiger partial charge is 0.170 e. The predicted octanol–water partition coefficient (Wildman–Crippen LogP) is 6.03. The quantitative estimate of drug-likeness (QED) is 0.382. The molecule has 1 aliphatic carbocycles. The maximum Gasteiger partial charge on any atom is 0.170 e. The summed E-state index contributed by atoms with van der Waals surface area (Å²) in [6, 6.07) is 13.3. The summed E-state index contributed by atoms with van der Waals surface area (Å²) in [5, 5.41) is 31.3. The second kappa shape index (κ2) is 9.77. The summed E-state index contributed by atoms with van der Waals surface area (Å²) in [7, 11) is 2.99. The summed E-state index contributed by atoms with van der Waals surface area (Å²) < 4.78 is 16.8. The monoisotopic (exact) mass is 448 g/mol. The molecule has 0 spiro atoms. The normalized spacial score (nSPS) is 13.1. The van der Waals surface area contributed by atoms with Gasteiger partial charge in [0.25, 0.3) is 0 Å². The Morgan fingerprint density at radius 1 is 0.818 bits per heavy atom. The molecular weight excluding hydrogens is 420 g/mol. The number of methoxy groups -OCH3 is 2. The van der Waals surface area contributed by atoms with Gasteiger partial charge in [-0.2, -0.15) is 0 Å². The van der Waals surface area contributed by atoms with E-state index in [0.29, 0.717) is 34.8 Å². The molecule has 0 radical (unpaired) electrons. The zero-order valence-electron chi connectivity index (χ0n) is 18.8. The SMILES string of the molecule is COc1cc(-c2ccc(O)cc2)c(OC)c(O)c1-c1ccc(OCC=C2CCCC2)c(O)c1. The molecular formula is C27H28O6. The largest absolute Gasteiger partial charge is 0.508 e. The van der Waals surface area contributed by atoms with Crippen molar-refractivity contribution in [2.24, 2.45) is 0 Å². The zero-order valence-corrected chi connectivity index (χ0v) is 18.8. The summed E-state index contributed by atoms with van der Waals surface area (Å²) in [5.41, 5.74) is 3.71. The van der Waals surface area contributed by atoms with Crippen LogP contribution in [0.5, 0.6) is 34.5 Å². The van der Waals surface area contributed by atoms with Crippen molar-refractivity contribution in [3.63, 3.8) is 0 Å². The van der Waals surface area contributed by atoms with Crippen LogP contribution in [0.15, 0.2) is 60.2 Å². The summed E-state index contributed by atoms with van der Waals surface area (Å²) in [6.45, 7) is 0.409. The highest BCUT2D eigenvalue weighted by Crippen LogP contribution is 2.50. The molecule has 3 aromatic rings. The molecule has 0 saturated heterocycles. The third-order valence-corrected chi connectivity index (χ3v) is 5.92. The number of ether oxygens (including phenoxy) is 3. The van der Waals surface area contributed by atoms with Crippen LogP contribution >= 0.6 is 0 Å². The Labute approximate surface area is 193 Å². The van der Waals surface area contributed by atoms with Crippen LogP contribution in [0.25, 0.3) is 22.3 Å². The van der Waals surface area contributed by atoms with Gasteiger partial charge >= 0.3 is 0 Å². The van der Waals surface area contributed by atoms with Crippen LogP contribution in [0.1, 0.15) is 25.7 Å². The van der Waals surface area contributed by atoms with Crippen molar-refractivity contribution in [3.8, 4) is 56.8 Å². The molecule has 4 rings (SSSR count). The van der Waals surface area contributed by atoms with Gasteiger partial charge in [0.1, 0.15) is 18.1 Å². The first-order chi connectivity index (χ1) is 16.0. The van der Waals surface area contributed by atoms with Gasteiger partial charge in [-0.25, -0.2) is 0 Å². The maximum absolute atomic E-state index is 11.1. The van der Waals surface area contributed by atoms with E-state index in [1.807, 2.05) is 0 Å². The standard InChI is InChI=1S/C27H28O6/c1-31-24-16-21(18-7-10-20(28)11-8-18)27(32-2)26(30)25(24)19-9-12-23(22(29)15-19)33-14-13-17-5-3-4-6-17/h7-13,15-16,28-30H,3-6,14H2,1-2H3. The van der Waals surface area contributed by atoms with Crippen LogP contribution in [-0.4, -0.2) is 36.1 Å². The van der Waals surface area contributed by atoms with Crippen LogP contribution in [0.2, 0.25) is 0 Å². The first kappa shape index (κ1) is 22.4. The zero-order chi connectivity index (χ0) is 23.4. The molecule has 0 heterocycles. The fraction of sp³-hybridized carbons (Fsp3) is 0.259. The Bertz CT molecular complexity index is 1160. The van der Waals surface area contributed by atoms with E-state index < -0.39 is 0 Å². The lowest BCUT2D eigenvalue weighted by Gasteiger charge is -2.18. The topological polar surface area (TPSA) is 88.4 Å². The minimum absolute atomic E-state index is 0.0275. The van der Waals surface area contributed by atoms with E-state index in [-0.39, 0.29) is 23.0 Å². The molecule has 1 aliphatic rings. The predicted molar refractivity (Wildman–Crippen MR) is 127 cm³/mol. The van der Waals surface area contributed by atoms with Gasteiger partial charge in [-0.05, 0) is 73.2 Å². The molecule has 0 atom stereocenters. The van der Waals surface area contributed by atoms with Gasteiger partial charge in [0.15, 0.2) is 23.0 Å². The second-order valence-corrected chi connectivity index (χ2v) is 7.99. The van der Waals surface area contributed by atoms with Crippen molar-refractivity contribution in [1.82, 2.24) is 0 Å². The number of allylic oxidation sites excluding steroid dienone is 1. The molecule has 0 aromatic heterocycles. The van der Waals surface area contributed by atoms with E-state index in [1.54, 1.807) is 42.5 Å². The van der Waals surface area contributed by atoms with Gasteiger partial charge in [0.05, 0.1) is 19.8 Å². The van der Waals surface area contributed by atoms with Crippen LogP contribution < -0.4 is 14.2 Å². The Morgan fingerprint density at radius 2 is 1.52 bits per heavy atom. The molecule has 33 heavy (non-hydrogen) atoms. The lowest BCUT2D eigenvalue weighted by atomic mass is 9.96. The van der Waals surface area contributed by atoms with E-state index in [4.69, 9.17) is 14.2 Å². The number of phenolic OH excluding ortho intramolecular Hbond substituents is 3. The molecule has 3 aromatic carbocycles. The highest BCUT2D eigenvalue weighted by Gasteiger charge is 2.22. The van der Waals surface area contributed by atoms with Crippen molar-refractivity contribution in [1.29, 1.82) is 0 Å². The van der Waals surface area contributed by atoms with Gasteiger partial charge in [-0.3, -0.25) is 0 Å². The number of rotatable bonds is 7. The van der Waals surface area contributed by atoms with Crippen molar-refractivity contribution < 1.29 is 29.5 Å². The average molecular weight is 449 g/mol. The fourth-order valence-electron chi connectivity index (χ4n) is 4.21. The third-order valence-electron chi connectivity index (χ3n) is 5.92. The molecule has 3 N–H and O–H groups in total. The number of hydrogen-bond acceptors (Lipinski definition) is 6. The Kier molecular flexibility index (Phi) is 6.63. The van der Waals surface area contributed by atoms with E-state index in [0.717, 1.165) is 18.4 Å². The lowest BCUT2D eigenvalue weighted by Crippen LogP contribution is -1.97. The Hall–Kier alpha value is -3.80. The first-order valence-corrected chi connectivity index (χ1v) is 10.9. The molecule has 0 amide bonds. The number of hydrogen-bond donors (Lipinski definition) is 3. The number of benzene rings is 3. The lowest BCUT2D eigenvalue weighted by molar-refractivity contribution is 0.335. The van der Waals surface area contributed by atoms with Crippen LogP contribution in [0, 0.1) is 0 Å². The van der Waals surface area contributed by atoms with E-state index in [2.05, 4.69) is 6.08 Å². The molecule has 0 bridgehead atoms. The minimum atomic E-state index is -0.112. The third kappa shape index (κ3) is 4.70. The van der Waals surface area contributed by atoms with Crippen LogP contribution in [-0.2, 0) is 0 Å². The van der Waals surface area contributed by atoms with E-state index in [9.17, 15) is 15.3 Å². The molecule has 0 unspecified atom stereocenters. The highest BCUT2D eigenvalue weighted by molar-refractivity contribution is 5.88. The Balaban J connectivity index is 1.68. The summed E-state index contributed by atoms with van der Waals surface area (Å²) in [4.78, 5) is 0. The van der Waals surface area contributed by atoms with E-state index >= 15 is 0 Å². The molecule has 172 valence electrons. The van der Waals surface area contributed by atoms with Gasteiger partial charge in [0.2, 0.25) is 0 Å². The molecule has 1 fully saturated rings. The van der Waals surface area contributed by atoms with Crippen LogP contribution in [0.3, 0.4) is 0 Å². The first-order valence-electron chi connectivity index (χ1n) is 10.9. The Morgan fingerprint density at radius 3 is 2.15 bits per heavy atom. The van der Waals surface area contributed by atoms with E-state index in [1.165, 1.54) is 38.7 Å². The fourth-order valence-corrected chi connectivity index (χ4v) is 4.21. The number of phenols is 3. The van der Waals surface area contributed by atoms with Crippen molar-refractivity contribution in [2.45, 2.75) is 25.7 Å². The molecule has 6 heteroatoms. The molecule has 6 nitrogen and oxygen atoms in total. The molecule has 0 aliphatic heterocycles.